The summed E-state index contributed by atoms with van der Waals surface area (Å²) in [6.07, 6.45) is 4.77. The largest absolute Gasteiger partial charge is 0.459 e. The van der Waals surface area contributed by atoms with Gasteiger partial charge in [-0.25, -0.2) is 0 Å². The van der Waals surface area contributed by atoms with Crippen LogP contribution >= 0.6 is 0 Å². The molecule has 3 rings (SSSR count). The summed E-state index contributed by atoms with van der Waals surface area (Å²) >= 11 is 0. The molecule has 3 atom stereocenters. The van der Waals surface area contributed by atoms with E-state index in [2.05, 4.69) is 10.6 Å². The van der Waals surface area contributed by atoms with Crippen LogP contribution in [-0.4, -0.2) is 47.9 Å². The maximum atomic E-state index is 12.9. The standard InChI is InChI=1S/C17H25N3O3/c1-11(2)15(19-16(21)14-4-3-9-23-14)17(22)20-8-7-12-5-6-13(10-20)18-12/h3-4,9,11-13,15,18H,5-8,10H2,1-2H3,(H,19,21). The van der Waals surface area contributed by atoms with Crippen LogP contribution in [0.3, 0.4) is 0 Å². The molecule has 6 nitrogen and oxygen atoms in total. The number of nitrogens with one attached hydrogen (secondary N) is 2. The van der Waals surface area contributed by atoms with E-state index in [1.165, 1.54) is 12.7 Å². The third kappa shape index (κ3) is 3.58. The molecule has 1 aromatic heterocycles. The third-order valence-corrected chi connectivity index (χ3v) is 4.80. The van der Waals surface area contributed by atoms with Crippen molar-refractivity contribution in [3.05, 3.63) is 24.2 Å². The van der Waals surface area contributed by atoms with E-state index in [-0.39, 0.29) is 23.5 Å². The van der Waals surface area contributed by atoms with Crippen LogP contribution in [0.4, 0.5) is 0 Å². The molecule has 2 aliphatic rings. The van der Waals surface area contributed by atoms with Crippen molar-refractivity contribution in [3.63, 3.8) is 0 Å². The van der Waals surface area contributed by atoms with E-state index < -0.39 is 6.04 Å². The van der Waals surface area contributed by atoms with E-state index in [4.69, 9.17) is 4.42 Å². The maximum Gasteiger partial charge on any atom is 0.287 e. The first-order valence-electron chi connectivity index (χ1n) is 8.44. The number of rotatable bonds is 4. The van der Waals surface area contributed by atoms with Crippen LogP contribution in [0, 0.1) is 5.92 Å². The Bertz CT molecular complexity index is 555. The van der Waals surface area contributed by atoms with Gasteiger partial charge >= 0.3 is 0 Å². The topological polar surface area (TPSA) is 74.6 Å². The van der Waals surface area contributed by atoms with Gasteiger partial charge in [-0.3, -0.25) is 9.59 Å². The molecule has 2 saturated heterocycles. The average Bonchev–Trinajstić information content (AvgIpc) is 3.13. The van der Waals surface area contributed by atoms with Crippen LogP contribution in [0.25, 0.3) is 0 Å². The Morgan fingerprint density at radius 1 is 1.30 bits per heavy atom. The quantitative estimate of drug-likeness (QED) is 0.879. The Kier molecular flexibility index (Phi) is 4.71. The van der Waals surface area contributed by atoms with Gasteiger partial charge in [-0.1, -0.05) is 13.8 Å². The Labute approximate surface area is 136 Å². The summed E-state index contributed by atoms with van der Waals surface area (Å²) in [5.74, 6) is -0.0689. The molecule has 0 spiro atoms. The van der Waals surface area contributed by atoms with Gasteiger partial charge in [-0.2, -0.15) is 0 Å². The van der Waals surface area contributed by atoms with E-state index in [0.717, 1.165) is 25.9 Å². The first-order chi connectivity index (χ1) is 11.0. The van der Waals surface area contributed by atoms with Crippen molar-refractivity contribution in [2.75, 3.05) is 13.1 Å². The van der Waals surface area contributed by atoms with Crippen LogP contribution in [0.1, 0.15) is 43.7 Å². The number of carbonyl (C=O) groups is 2. The Hall–Kier alpha value is -1.82. The zero-order valence-corrected chi connectivity index (χ0v) is 13.7. The first-order valence-corrected chi connectivity index (χ1v) is 8.44. The minimum Gasteiger partial charge on any atom is -0.459 e. The van der Waals surface area contributed by atoms with Gasteiger partial charge in [-0.15, -0.1) is 0 Å². The molecule has 3 unspecified atom stereocenters. The first kappa shape index (κ1) is 16.1. The highest BCUT2D eigenvalue weighted by Gasteiger charge is 2.35. The normalized spacial score (nSPS) is 25.3. The van der Waals surface area contributed by atoms with Crippen molar-refractivity contribution >= 4 is 11.8 Å². The van der Waals surface area contributed by atoms with Crippen LogP contribution in [0.15, 0.2) is 22.8 Å². The molecule has 126 valence electrons. The Morgan fingerprint density at radius 2 is 2.09 bits per heavy atom. The van der Waals surface area contributed by atoms with Gasteiger partial charge in [0.15, 0.2) is 5.76 Å². The molecule has 0 aromatic carbocycles. The number of hydrogen-bond donors (Lipinski definition) is 2. The van der Waals surface area contributed by atoms with Crippen molar-refractivity contribution in [1.29, 1.82) is 0 Å². The van der Waals surface area contributed by atoms with Crippen molar-refractivity contribution in [3.8, 4) is 0 Å². The molecule has 23 heavy (non-hydrogen) atoms. The summed E-state index contributed by atoms with van der Waals surface area (Å²) in [5, 5.41) is 6.41. The predicted octanol–water partition coefficient (Wildman–Crippen LogP) is 1.39. The zero-order valence-electron chi connectivity index (χ0n) is 13.7. The summed E-state index contributed by atoms with van der Waals surface area (Å²) in [4.78, 5) is 27.0. The highest BCUT2D eigenvalue weighted by molar-refractivity contribution is 5.95. The number of amides is 2. The lowest BCUT2D eigenvalue weighted by atomic mass is 10.0. The van der Waals surface area contributed by atoms with Crippen molar-refractivity contribution in [2.24, 2.45) is 5.92 Å². The van der Waals surface area contributed by atoms with Crippen LogP contribution in [-0.2, 0) is 4.79 Å². The molecule has 2 amide bonds. The van der Waals surface area contributed by atoms with Gasteiger partial charge in [-0.05, 0) is 37.3 Å². The second-order valence-electron chi connectivity index (χ2n) is 6.88. The average molecular weight is 319 g/mol. The molecular weight excluding hydrogens is 294 g/mol. The fraction of sp³-hybridized carbons (Fsp3) is 0.647. The second-order valence-corrected chi connectivity index (χ2v) is 6.88. The lowest BCUT2D eigenvalue weighted by Crippen LogP contribution is -2.52. The Balaban J connectivity index is 1.67. The molecule has 1 aromatic rings. The molecular formula is C17H25N3O3. The zero-order chi connectivity index (χ0) is 16.4. The molecule has 2 aliphatic heterocycles. The van der Waals surface area contributed by atoms with E-state index >= 15 is 0 Å². The van der Waals surface area contributed by atoms with Gasteiger partial charge < -0.3 is 20.0 Å². The van der Waals surface area contributed by atoms with Gasteiger partial charge in [0.25, 0.3) is 5.91 Å². The Morgan fingerprint density at radius 3 is 2.78 bits per heavy atom. The smallest absolute Gasteiger partial charge is 0.287 e. The van der Waals surface area contributed by atoms with Crippen LogP contribution < -0.4 is 10.6 Å². The fourth-order valence-corrected chi connectivity index (χ4v) is 3.47. The molecule has 0 radical (unpaired) electrons. The lowest BCUT2D eigenvalue weighted by Gasteiger charge is -2.30. The van der Waals surface area contributed by atoms with Crippen molar-refractivity contribution < 1.29 is 14.0 Å². The third-order valence-electron chi connectivity index (χ3n) is 4.80. The summed E-state index contributed by atoms with van der Waals surface area (Å²) < 4.78 is 5.11. The monoisotopic (exact) mass is 319 g/mol. The molecule has 2 bridgehead atoms. The number of hydrogen-bond acceptors (Lipinski definition) is 4. The summed E-state index contributed by atoms with van der Waals surface area (Å²) in [6, 6.07) is 3.67. The summed E-state index contributed by atoms with van der Waals surface area (Å²) in [5.41, 5.74) is 0. The van der Waals surface area contributed by atoms with E-state index in [1.54, 1.807) is 12.1 Å². The van der Waals surface area contributed by atoms with E-state index in [1.807, 2.05) is 18.7 Å². The minimum absolute atomic E-state index is 0.00857. The SMILES string of the molecule is CC(C)C(NC(=O)c1ccco1)C(=O)N1CCC2CCC(C1)N2. The number of furan rings is 1. The molecule has 2 N–H and O–H groups in total. The van der Waals surface area contributed by atoms with E-state index in [9.17, 15) is 9.59 Å². The highest BCUT2D eigenvalue weighted by Crippen LogP contribution is 2.21. The van der Waals surface area contributed by atoms with E-state index in [0.29, 0.717) is 12.1 Å². The molecule has 0 aliphatic carbocycles. The molecule has 6 heteroatoms. The van der Waals surface area contributed by atoms with Gasteiger partial charge in [0.05, 0.1) is 6.26 Å². The lowest BCUT2D eigenvalue weighted by molar-refractivity contribution is -0.134. The number of carbonyl (C=O) groups excluding carboxylic acids is 2. The summed E-state index contributed by atoms with van der Waals surface area (Å²) in [6.45, 7) is 5.39. The number of nitrogens with zero attached hydrogens (tertiary/aromatic N) is 1. The van der Waals surface area contributed by atoms with Gasteiger partial charge in [0, 0.05) is 25.2 Å². The summed E-state index contributed by atoms with van der Waals surface area (Å²) in [7, 11) is 0. The van der Waals surface area contributed by atoms with Crippen LogP contribution in [0.2, 0.25) is 0 Å². The van der Waals surface area contributed by atoms with Crippen molar-refractivity contribution in [1.82, 2.24) is 15.5 Å². The maximum absolute atomic E-state index is 12.9. The highest BCUT2D eigenvalue weighted by atomic mass is 16.3. The minimum atomic E-state index is -0.524. The number of likely N-dealkylation sites (tertiary alicyclic amines) is 1. The molecule has 3 heterocycles. The molecule has 2 fully saturated rings. The molecule has 0 saturated carbocycles. The fourth-order valence-electron chi connectivity index (χ4n) is 3.47. The van der Waals surface area contributed by atoms with Crippen LogP contribution in [0.5, 0.6) is 0 Å². The van der Waals surface area contributed by atoms with Gasteiger partial charge in [0.1, 0.15) is 6.04 Å². The van der Waals surface area contributed by atoms with Crippen molar-refractivity contribution in [2.45, 2.75) is 51.2 Å². The number of fused-ring (bicyclic) bond motifs is 2. The van der Waals surface area contributed by atoms with Gasteiger partial charge in [0.2, 0.25) is 5.91 Å². The predicted molar refractivity (Wildman–Crippen MR) is 85.9 cm³/mol. The second kappa shape index (κ2) is 6.74.